The number of carbonyl (C=O) groups excluding carboxylic acids is 1. The van der Waals surface area contributed by atoms with E-state index in [0.717, 1.165) is 15.4 Å². The third-order valence-electron chi connectivity index (χ3n) is 4.96. The molecule has 0 spiro atoms. The monoisotopic (exact) mass is 510 g/mol. The van der Waals surface area contributed by atoms with Crippen LogP contribution in [0.5, 0.6) is 0 Å². The van der Waals surface area contributed by atoms with E-state index in [1.54, 1.807) is 24.3 Å². The van der Waals surface area contributed by atoms with E-state index in [1.165, 1.54) is 24.3 Å². The molecule has 0 aliphatic carbocycles. The zero-order chi connectivity index (χ0) is 23.5. The molecule has 0 aliphatic rings. The molecule has 0 saturated carbocycles. The van der Waals surface area contributed by atoms with Gasteiger partial charge in [0.1, 0.15) is 0 Å². The van der Waals surface area contributed by atoms with Gasteiger partial charge in [-0.2, -0.15) is 4.31 Å². The molecule has 0 heterocycles. The third kappa shape index (κ3) is 5.82. The van der Waals surface area contributed by atoms with Crippen LogP contribution in [0.25, 0.3) is 0 Å². The highest BCUT2D eigenvalue weighted by Crippen LogP contribution is 2.28. The number of sulfonamides is 1. The number of benzene rings is 3. The Morgan fingerprint density at radius 3 is 2.12 bits per heavy atom. The van der Waals surface area contributed by atoms with Crippen molar-refractivity contribution in [1.29, 1.82) is 0 Å². The SMILES string of the molecule is Cc1ccc(NC(=O)CN(Cc2c(Cl)cccc2Cl)S(=O)(=O)c2ccc(Cl)cc2)cc1C. The molecule has 1 N–H and O–H groups in total. The summed E-state index contributed by atoms with van der Waals surface area (Å²) in [6.07, 6.45) is 0. The molecule has 0 aliphatic heterocycles. The van der Waals surface area contributed by atoms with Gasteiger partial charge in [-0.15, -0.1) is 0 Å². The van der Waals surface area contributed by atoms with Gasteiger partial charge < -0.3 is 5.32 Å². The van der Waals surface area contributed by atoms with Crippen LogP contribution in [0.15, 0.2) is 65.6 Å². The Labute approximate surface area is 203 Å². The van der Waals surface area contributed by atoms with Crippen molar-refractivity contribution in [3.05, 3.63) is 92.4 Å². The van der Waals surface area contributed by atoms with E-state index >= 15 is 0 Å². The van der Waals surface area contributed by atoms with Crippen molar-refractivity contribution in [2.24, 2.45) is 0 Å². The van der Waals surface area contributed by atoms with Crippen LogP contribution in [0.2, 0.25) is 15.1 Å². The topological polar surface area (TPSA) is 66.5 Å². The summed E-state index contributed by atoms with van der Waals surface area (Å²) in [5.41, 5.74) is 3.09. The zero-order valence-corrected chi connectivity index (χ0v) is 20.5. The largest absolute Gasteiger partial charge is 0.325 e. The molecule has 32 heavy (non-hydrogen) atoms. The Morgan fingerprint density at radius 2 is 1.53 bits per heavy atom. The Bertz CT molecular complexity index is 1230. The number of aryl methyl sites for hydroxylation is 2. The highest BCUT2D eigenvalue weighted by Gasteiger charge is 2.28. The lowest BCUT2D eigenvalue weighted by atomic mass is 10.1. The number of rotatable bonds is 7. The van der Waals surface area contributed by atoms with Crippen LogP contribution in [-0.2, 0) is 21.4 Å². The number of nitrogens with one attached hydrogen (secondary N) is 1. The second kappa shape index (κ2) is 10.2. The Kier molecular flexibility index (Phi) is 7.85. The first-order valence-corrected chi connectivity index (χ1v) is 12.2. The van der Waals surface area contributed by atoms with Crippen molar-refractivity contribution < 1.29 is 13.2 Å². The molecular weight excluding hydrogens is 491 g/mol. The van der Waals surface area contributed by atoms with E-state index in [9.17, 15) is 13.2 Å². The Morgan fingerprint density at radius 1 is 0.906 bits per heavy atom. The van der Waals surface area contributed by atoms with Gasteiger partial charge in [-0.25, -0.2) is 8.42 Å². The van der Waals surface area contributed by atoms with Crippen LogP contribution >= 0.6 is 34.8 Å². The first-order valence-electron chi connectivity index (χ1n) is 9.63. The molecule has 0 aromatic heterocycles. The first-order chi connectivity index (χ1) is 15.1. The molecule has 5 nitrogen and oxygen atoms in total. The number of carbonyl (C=O) groups is 1. The van der Waals surface area contributed by atoms with Crippen LogP contribution in [0.1, 0.15) is 16.7 Å². The van der Waals surface area contributed by atoms with Crippen molar-refractivity contribution in [3.63, 3.8) is 0 Å². The zero-order valence-electron chi connectivity index (χ0n) is 17.4. The fourth-order valence-corrected chi connectivity index (χ4v) is 5.03. The van der Waals surface area contributed by atoms with Gasteiger partial charge in [-0.05, 0) is 73.5 Å². The molecule has 9 heteroatoms. The lowest BCUT2D eigenvalue weighted by molar-refractivity contribution is -0.116. The quantitative estimate of drug-likeness (QED) is 0.417. The molecule has 3 rings (SSSR count). The van der Waals surface area contributed by atoms with Crippen LogP contribution < -0.4 is 5.32 Å². The molecule has 0 atom stereocenters. The van der Waals surface area contributed by atoms with E-state index < -0.39 is 22.5 Å². The number of hydrogen-bond acceptors (Lipinski definition) is 3. The Balaban J connectivity index is 1.93. The minimum absolute atomic E-state index is 0.00376. The molecule has 0 saturated heterocycles. The van der Waals surface area contributed by atoms with Crippen molar-refractivity contribution >= 4 is 56.4 Å². The van der Waals surface area contributed by atoms with Crippen LogP contribution in [0, 0.1) is 13.8 Å². The maximum Gasteiger partial charge on any atom is 0.243 e. The fraction of sp³-hybridized carbons (Fsp3) is 0.174. The molecule has 0 radical (unpaired) electrons. The van der Waals surface area contributed by atoms with E-state index in [-0.39, 0.29) is 11.4 Å². The molecule has 3 aromatic rings. The lowest BCUT2D eigenvalue weighted by Gasteiger charge is -2.23. The normalized spacial score (nSPS) is 11.6. The summed E-state index contributed by atoms with van der Waals surface area (Å²) in [5, 5.41) is 3.77. The van der Waals surface area contributed by atoms with E-state index in [1.807, 2.05) is 26.0 Å². The summed E-state index contributed by atoms with van der Waals surface area (Å²) in [6, 6.07) is 16.1. The van der Waals surface area contributed by atoms with Crippen molar-refractivity contribution in [2.75, 3.05) is 11.9 Å². The maximum absolute atomic E-state index is 13.4. The molecular formula is C23H21Cl3N2O3S. The van der Waals surface area contributed by atoms with Gasteiger partial charge in [0.25, 0.3) is 0 Å². The smallest absolute Gasteiger partial charge is 0.243 e. The number of halogens is 3. The maximum atomic E-state index is 13.4. The van der Waals surface area contributed by atoms with Crippen LogP contribution in [0.4, 0.5) is 5.69 Å². The van der Waals surface area contributed by atoms with E-state index in [0.29, 0.717) is 26.3 Å². The second-order valence-corrected chi connectivity index (χ2v) is 10.5. The Hall–Kier alpha value is -2.09. The first kappa shape index (κ1) is 24.6. The van der Waals surface area contributed by atoms with Crippen molar-refractivity contribution in [1.82, 2.24) is 4.31 Å². The summed E-state index contributed by atoms with van der Waals surface area (Å²) in [5.74, 6) is -0.492. The van der Waals surface area contributed by atoms with Gasteiger partial charge >= 0.3 is 0 Å². The standard InChI is InChI=1S/C23H21Cl3N2O3S/c1-15-6-9-18(12-16(15)2)27-23(29)14-28(13-20-21(25)4-3-5-22(20)26)32(30,31)19-10-7-17(24)8-11-19/h3-12H,13-14H2,1-2H3,(H,27,29). The molecule has 1 amide bonds. The molecule has 168 valence electrons. The average molecular weight is 512 g/mol. The number of amides is 1. The summed E-state index contributed by atoms with van der Waals surface area (Å²) in [4.78, 5) is 12.8. The van der Waals surface area contributed by atoms with Gasteiger partial charge in [-0.1, -0.05) is 46.9 Å². The lowest BCUT2D eigenvalue weighted by Crippen LogP contribution is -2.37. The minimum Gasteiger partial charge on any atom is -0.325 e. The molecule has 0 bridgehead atoms. The predicted molar refractivity (Wildman–Crippen MR) is 130 cm³/mol. The van der Waals surface area contributed by atoms with E-state index in [4.69, 9.17) is 34.8 Å². The van der Waals surface area contributed by atoms with Gasteiger partial charge in [0.15, 0.2) is 0 Å². The van der Waals surface area contributed by atoms with Gasteiger partial charge in [0, 0.05) is 32.9 Å². The van der Waals surface area contributed by atoms with Crippen molar-refractivity contribution in [3.8, 4) is 0 Å². The summed E-state index contributed by atoms with van der Waals surface area (Å²) < 4.78 is 27.8. The summed E-state index contributed by atoms with van der Waals surface area (Å²) in [6.45, 7) is 3.29. The number of anilines is 1. The van der Waals surface area contributed by atoms with Gasteiger partial charge in [0.05, 0.1) is 11.4 Å². The fourth-order valence-electron chi connectivity index (χ4n) is 3.02. The van der Waals surface area contributed by atoms with Gasteiger partial charge in [0.2, 0.25) is 15.9 Å². The van der Waals surface area contributed by atoms with Crippen molar-refractivity contribution in [2.45, 2.75) is 25.3 Å². The highest BCUT2D eigenvalue weighted by atomic mass is 35.5. The highest BCUT2D eigenvalue weighted by molar-refractivity contribution is 7.89. The number of nitrogens with zero attached hydrogens (tertiary/aromatic N) is 1. The number of hydrogen-bond donors (Lipinski definition) is 1. The minimum atomic E-state index is -4.06. The second-order valence-electron chi connectivity index (χ2n) is 7.27. The van der Waals surface area contributed by atoms with Crippen LogP contribution in [0.3, 0.4) is 0 Å². The van der Waals surface area contributed by atoms with Gasteiger partial charge in [-0.3, -0.25) is 4.79 Å². The summed E-state index contributed by atoms with van der Waals surface area (Å²) >= 11 is 18.4. The molecule has 3 aromatic carbocycles. The third-order valence-corrected chi connectivity index (χ3v) is 7.72. The predicted octanol–water partition coefficient (Wildman–Crippen LogP) is 6.09. The average Bonchev–Trinajstić information content (AvgIpc) is 2.73. The summed E-state index contributed by atoms with van der Waals surface area (Å²) in [7, 11) is -4.06. The van der Waals surface area contributed by atoms with Crippen LogP contribution in [-0.4, -0.2) is 25.2 Å². The van der Waals surface area contributed by atoms with E-state index in [2.05, 4.69) is 5.32 Å². The molecule has 0 unspecified atom stereocenters. The molecule has 0 fully saturated rings.